The topological polar surface area (TPSA) is 53.1 Å². The summed E-state index contributed by atoms with van der Waals surface area (Å²) >= 11 is 0. The fraction of sp³-hybridized carbons (Fsp3) is 0.733. The van der Waals surface area contributed by atoms with Crippen molar-refractivity contribution in [2.24, 2.45) is 0 Å². The number of nitrogens with zero attached hydrogens (tertiary/aromatic N) is 3. The number of anilines is 2. The number of piperidine rings is 1. The van der Waals surface area contributed by atoms with Crippen molar-refractivity contribution in [2.75, 3.05) is 43.9 Å². The number of rotatable bonds is 7. The Kier molecular flexibility index (Phi) is 6.05. The molecule has 0 aliphatic carbocycles. The zero-order valence-corrected chi connectivity index (χ0v) is 12.8. The maximum Gasteiger partial charge on any atom is 0.134 e. The Bertz CT molecular complexity index is 401. The smallest absolute Gasteiger partial charge is 0.134 e. The van der Waals surface area contributed by atoms with E-state index in [0.717, 1.165) is 37.6 Å². The SMILES string of the molecule is CCCc1c(NC)ncnc1NCCN1CCCCC1. The lowest BCUT2D eigenvalue weighted by atomic mass is 10.1. The number of aromatic nitrogens is 2. The minimum atomic E-state index is 0.947. The summed E-state index contributed by atoms with van der Waals surface area (Å²) in [6.07, 6.45) is 7.82. The van der Waals surface area contributed by atoms with Gasteiger partial charge in [-0.05, 0) is 32.4 Å². The Morgan fingerprint density at radius 3 is 2.60 bits per heavy atom. The van der Waals surface area contributed by atoms with Crippen molar-refractivity contribution in [3.8, 4) is 0 Å². The van der Waals surface area contributed by atoms with Crippen LogP contribution in [0.3, 0.4) is 0 Å². The molecule has 112 valence electrons. The van der Waals surface area contributed by atoms with E-state index in [9.17, 15) is 0 Å². The second-order valence-corrected chi connectivity index (χ2v) is 5.38. The largest absolute Gasteiger partial charge is 0.373 e. The minimum absolute atomic E-state index is 0.947. The van der Waals surface area contributed by atoms with E-state index >= 15 is 0 Å². The first-order chi connectivity index (χ1) is 9.85. The van der Waals surface area contributed by atoms with E-state index in [4.69, 9.17) is 0 Å². The first-order valence-electron chi connectivity index (χ1n) is 7.83. The number of likely N-dealkylation sites (tertiary alicyclic amines) is 1. The lowest BCUT2D eigenvalue weighted by Gasteiger charge is -2.26. The highest BCUT2D eigenvalue weighted by atomic mass is 15.2. The van der Waals surface area contributed by atoms with Gasteiger partial charge in [-0.3, -0.25) is 0 Å². The summed E-state index contributed by atoms with van der Waals surface area (Å²) in [5.41, 5.74) is 1.20. The normalized spacial score (nSPS) is 16.1. The Morgan fingerprint density at radius 1 is 1.15 bits per heavy atom. The van der Waals surface area contributed by atoms with E-state index in [1.807, 2.05) is 7.05 Å². The van der Waals surface area contributed by atoms with Crippen molar-refractivity contribution in [3.63, 3.8) is 0 Å². The van der Waals surface area contributed by atoms with Gasteiger partial charge in [-0.25, -0.2) is 9.97 Å². The molecule has 0 aromatic carbocycles. The van der Waals surface area contributed by atoms with Crippen LogP contribution in [-0.4, -0.2) is 48.1 Å². The summed E-state index contributed by atoms with van der Waals surface area (Å²) in [5, 5.41) is 6.65. The zero-order valence-electron chi connectivity index (χ0n) is 12.8. The van der Waals surface area contributed by atoms with Gasteiger partial charge in [-0.15, -0.1) is 0 Å². The highest BCUT2D eigenvalue weighted by Gasteiger charge is 2.11. The van der Waals surface area contributed by atoms with E-state index < -0.39 is 0 Å². The van der Waals surface area contributed by atoms with Crippen molar-refractivity contribution in [1.82, 2.24) is 14.9 Å². The first-order valence-corrected chi connectivity index (χ1v) is 7.83. The van der Waals surface area contributed by atoms with Gasteiger partial charge in [0.05, 0.1) is 0 Å². The first kappa shape index (κ1) is 15.0. The highest BCUT2D eigenvalue weighted by molar-refractivity contribution is 5.57. The summed E-state index contributed by atoms with van der Waals surface area (Å²) in [4.78, 5) is 11.2. The Labute approximate surface area is 122 Å². The summed E-state index contributed by atoms with van der Waals surface area (Å²) in [5.74, 6) is 1.94. The molecule has 2 heterocycles. The van der Waals surface area contributed by atoms with Crippen LogP contribution < -0.4 is 10.6 Å². The fourth-order valence-electron chi connectivity index (χ4n) is 2.78. The Morgan fingerprint density at radius 2 is 1.90 bits per heavy atom. The molecule has 0 atom stereocenters. The molecule has 1 saturated heterocycles. The number of hydrogen-bond donors (Lipinski definition) is 2. The molecule has 1 aliphatic rings. The van der Waals surface area contributed by atoms with Gasteiger partial charge < -0.3 is 15.5 Å². The van der Waals surface area contributed by atoms with Gasteiger partial charge in [0.25, 0.3) is 0 Å². The molecule has 1 aromatic heterocycles. The molecule has 0 saturated carbocycles. The average Bonchev–Trinajstić information content (AvgIpc) is 2.50. The monoisotopic (exact) mass is 277 g/mol. The van der Waals surface area contributed by atoms with E-state index in [2.05, 4.69) is 32.4 Å². The van der Waals surface area contributed by atoms with Crippen molar-refractivity contribution < 1.29 is 0 Å². The third kappa shape index (κ3) is 4.07. The van der Waals surface area contributed by atoms with Crippen molar-refractivity contribution in [2.45, 2.75) is 39.0 Å². The fourth-order valence-corrected chi connectivity index (χ4v) is 2.78. The predicted octanol–water partition coefficient (Wildman–Crippen LogP) is 2.37. The molecule has 2 rings (SSSR count). The molecule has 0 bridgehead atoms. The zero-order chi connectivity index (χ0) is 14.2. The van der Waals surface area contributed by atoms with E-state index in [0.29, 0.717) is 0 Å². The van der Waals surface area contributed by atoms with Gasteiger partial charge in [0, 0.05) is 25.7 Å². The molecular weight excluding hydrogens is 250 g/mol. The number of hydrogen-bond acceptors (Lipinski definition) is 5. The maximum absolute atomic E-state index is 4.41. The second kappa shape index (κ2) is 8.04. The van der Waals surface area contributed by atoms with E-state index in [1.54, 1.807) is 6.33 Å². The van der Waals surface area contributed by atoms with Gasteiger partial charge in [0.1, 0.15) is 18.0 Å². The molecule has 0 amide bonds. The molecule has 1 aliphatic heterocycles. The van der Waals surface area contributed by atoms with Crippen LogP contribution in [0.2, 0.25) is 0 Å². The lowest BCUT2D eigenvalue weighted by Crippen LogP contribution is -2.33. The van der Waals surface area contributed by atoms with Gasteiger partial charge in [0.15, 0.2) is 0 Å². The molecule has 1 aromatic rings. The standard InChI is InChI=1S/C15H27N5/c1-3-7-13-14(16-2)18-12-19-15(13)17-8-11-20-9-5-4-6-10-20/h12H,3-11H2,1-2H3,(H2,16,17,18,19). The number of nitrogens with one attached hydrogen (secondary N) is 2. The van der Waals surface area contributed by atoms with Crippen molar-refractivity contribution in [3.05, 3.63) is 11.9 Å². The maximum atomic E-state index is 4.41. The van der Waals surface area contributed by atoms with E-state index in [1.165, 1.54) is 37.9 Å². The molecule has 5 heteroatoms. The lowest BCUT2D eigenvalue weighted by molar-refractivity contribution is 0.237. The Hall–Kier alpha value is -1.36. The summed E-state index contributed by atoms with van der Waals surface area (Å²) in [6.45, 7) is 6.73. The average molecular weight is 277 g/mol. The van der Waals surface area contributed by atoms with Crippen LogP contribution in [0, 0.1) is 0 Å². The molecular formula is C15H27N5. The molecule has 1 fully saturated rings. The summed E-state index contributed by atoms with van der Waals surface area (Å²) in [7, 11) is 1.92. The second-order valence-electron chi connectivity index (χ2n) is 5.38. The van der Waals surface area contributed by atoms with Crippen LogP contribution >= 0.6 is 0 Å². The van der Waals surface area contributed by atoms with Gasteiger partial charge in [-0.1, -0.05) is 19.8 Å². The van der Waals surface area contributed by atoms with Gasteiger partial charge in [0.2, 0.25) is 0 Å². The van der Waals surface area contributed by atoms with Crippen LogP contribution in [-0.2, 0) is 6.42 Å². The third-order valence-electron chi connectivity index (χ3n) is 3.85. The third-order valence-corrected chi connectivity index (χ3v) is 3.85. The summed E-state index contributed by atoms with van der Waals surface area (Å²) < 4.78 is 0. The molecule has 5 nitrogen and oxygen atoms in total. The van der Waals surface area contributed by atoms with Crippen LogP contribution in [0.15, 0.2) is 6.33 Å². The van der Waals surface area contributed by atoms with Gasteiger partial charge >= 0.3 is 0 Å². The predicted molar refractivity (Wildman–Crippen MR) is 84.4 cm³/mol. The van der Waals surface area contributed by atoms with Crippen LogP contribution in [0.4, 0.5) is 11.6 Å². The molecule has 20 heavy (non-hydrogen) atoms. The summed E-state index contributed by atoms with van der Waals surface area (Å²) in [6, 6.07) is 0. The molecule has 0 spiro atoms. The molecule has 2 N–H and O–H groups in total. The van der Waals surface area contributed by atoms with Crippen LogP contribution in [0.25, 0.3) is 0 Å². The van der Waals surface area contributed by atoms with Crippen LogP contribution in [0.5, 0.6) is 0 Å². The molecule has 0 unspecified atom stereocenters. The van der Waals surface area contributed by atoms with E-state index in [-0.39, 0.29) is 0 Å². The molecule has 0 radical (unpaired) electrons. The quantitative estimate of drug-likeness (QED) is 0.801. The highest BCUT2D eigenvalue weighted by Crippen LogP contribution is 2.21. The Balaban J connectivity index is 1.90. The van der Waals surface area contributed by atoms with Crippen molar-refractivity contribution in [1.29, 1.82) is 0 Å². The minimum Gasteiger partial charge on any atom is -0.373 e. The van der Waals surface area contributed by atoms with Crippen molar-refractivity contribution >= 4 is 11.6 Å². The van der Waals surface area contributed by atoms with Gasteiger partial charge in [-0.2, -0.15) is 0 Å². The van der Waals surface area contributed by atoms with Crippen LogP contribution in [0.1, 0.15) is 38.2 Å².